The lowest BCUT2D eigenvalue weighted by Gasteiger charge is -2.18. The average Bonchev–Trinajstić information content (AvgIpc) is 2.66. The molecule has 8 heteroatoms. The van der Waals surface area contributed by atoms with Crippen molar-refractivity contribution in [2.45, 2.75) is 12.5 Å². The van der Waals surface area contributed by atoms with Crippen LogP contribution in [0.25, 0.3) is 0 Å². The van der Waals surface area contributed by atoms with Crippen molar-refractivity contribution in [1.82, 2.24) is 10.2 Å². The molecule has 0 aliphatic heterocycles. The highest BCUT2D eigenvalue weighted by atomic mass is 16.5. The summed E-state index contributed by atoms with van der Waals surface area (Å²) in [6.45, 7) is -0.369. The number of para-hydroxylation sites is 1. The van der Waals surface area contributed by atoms with Crippen LogP contribution >= 0.6 is 0 Å². The first-order valence-electron chi connectivity index (χ1n) is 8.59. The second kappa shape index (κ2) is 9.96. The number of carbonyl (C=O) groups excluding carboxylic acids is 3. The van der Waals surface area contributed by atoms with Crippen LogP contribution in [0.15, 0.2) is 54.6 Å². The number of hydrogen-bond acceptors (Lipinski definition) is 5. The van der Waals surface area contributed by atoms with E-state index in [-0.39, 0.29) is 18.9 Å². The van der Waals surface area contributed by atoms with Gasteiger partial charge < -0.3 is 25.4 Å². The molecule has 3 amide bonds. The first kappa shape index (κ1) is 20.8. The molecule has 0 fully saturated rings. The molecule has 148 valence electrons. The number of rotatable bonds is 8. The maximum atomic E-state index is 12.1. The SMILES string of the molecule is CN(C)C(=O)COC(=O)C[C@H](NC(N)=O)c1cccc(Oc2ccccc2)c1. The number of urea groups is 1. The summed E-state index contributed by atoms with van der Waals surface area (Å²) >= 11 is 0. The van der Waals surface area contributed by atoms with Gasteiger partial charge >= 0.3 is 12.0 Å². The number of nitrogens with one attached hydrogen (secondary N) is 1. The number of likely N-dealkylation sites (N-methyl/N-ethyl adjacent to an activating group) is 1. The van der Waals surface area contributed by atoms with E-state index in [4.69, 9.17) is 15.2 Å². The fourth-order valence-corrected chi connectivity index (χ4v) is 2.34. The molecule has 28 heavy (non-hydrogen) atoms. The molecule has 2 aromatic carbocycles. The molecule has 0 bridgehead atoms. The molecule has 2 rings (SSSR count). The summed E-state index contributed by atoms with van der Waals surface area (Å²) in [6, 6.07) is 14.6. The molecule has 2 aromatic rings. The molecule has 0 aliphatic carbocycles. The van der Waals surface area contributed by atoms with Gasteiger partial charge in [-0.15, -0.1) is 0 Å². The Balaban J connectivity index is 2.09. The van der Waals surface area contributed by atoms with Crippen LogP contribution in [0.3, 0.4) is 0 Å². The van der Waals surface area contributed by atoms with Crippen molar-refractivity contribution in [3.8, 4) is 11.5 Å². The highest BCUT2D eigenvalue weighted by Gasteiger charge is 2.20. The Morgan fingerprint density at radius 1 is 1.04 bits per heavy atom. The minimum Gasteiger partial charge on any atom is -0.457 e. The Morgan fingerprint density at radius 2 is 1.71 bits per heavy atom. The lowest BCUT2D eigenvalue weighted by atomic mass is 10.0. The summed E-state index contributed by atoms with van der Waals surface area (Å²) in [5.41, 5.74) is 5.85. The van der Waals surface area contributed by atoms with Crippen LogP contribution in [0.1, 0.15) is 18.0 Å². The molecule has 0 spiro atoms. The van der Waals surface area contributed by atoms with Crippen LogP contribution in [0.4, 0.5) is 4.79 Å². The Kier molecular flexibility index (Phi) is 7.38. The van der Waals surface area contributed by atoms with E-state index < -0.39 is 18.0 Å². The summed E-state index contributed by atoms with van der Waals surface area (Å²) in [5, 5.41) is 2.52. The quantitative estimate of drug-likeness (QED) is 0.677. The van der Waals surface area contributed by atoms with Gasteiger partial charge in [-0.1, -0.05) is 30.3 Å². The van der Waals surface area contributed by atoms with E-state index in [9.17, 15) is 14.4 Å². The van der Waals surface area contributed by atoms with Crippen molar-refractivity contribution in [3.05, 3.63) is 60.2 Å². The third-order valence-corrected chi connectivity index (χ3v) is 3.78. The molecule has 3 N–H and O–H groups in total. The smallest absolute Gasteiger partial charge is 0.312 e. The lowest BCUT2D eigenvalue weighted by Crippen LogP contribution is -2.35. The number of carbonyl (C=O) groups is 3. The van der Waals surface area contributed by atoms with E-state index in [2.05, 4.69) is 5.32 Å². The monoisotopic (exact) mass is 385 g/mol. The molecule has 0 saturated heterocycles. The first-order chi connectivity index (χ1) is 13.3. The van der Waals surface area contributed by atoms with Crippen LogP contribution in [0.5, 0.6) is 11.5 Å². The van der Waals surface area contributed by atoms with Gasteiger partial charge in [0.25, 0.3) is 5.91 Å². The van der Waals surface area contributed by atoms with Gasteiger partial charge in [-0.25, -0.2) is 4.79 Å². The molecule has 0 saturated carbocycles. The summed E-state index contributed by atoms with van der Waals surface area (Å²) in [4.78, 5) is 36.3. The minimum absolute atomic E-state index is 0.182. The third-order valence-electron chi connectivity index (χ3n) is 3.78. The van der Waals surface area contributed by atoms with Gasteiger partial charge in [0.05, 0.1) is 12.5 Å². The number of nitrogens with zero attached hydrogens (tertiary/aromatic N) is 1. The molecular formula is C20H23N3O5. The van der Waals surface area contributed by atoms with Gasteiger partial charge in [-0.05, 0) is 29.8 Å². The van der Waals surface area contributed by atoms with Crippen molar-refractivity contribution in [1.29, 1.82) is 0 Å². The number of ether oxygens (including phenoxy) is 2. The van der Waals surface area contributed by atoms with Gasteiger partial charge in [0.2, 0.25) is 0 Å². The largest absolute Gasteiger partial charge is 0.457 e. The van der Waals surface area contributed by atoms with Gasteiger partial charge in [-0.3, -0.25) is 9.59 Å². The highest BCUT2D eigenvalue weighted by Crippen LogP contribution is 2.26. The molecule has 0 heterocycles. The van der Waals surface area contributed by atoms with Crippen molar-refractivity contribution >= 4 is 17.9 Å². The Morgan fingerprint density at radius 3 is 2.36 bits per heavy atom. The standard InChI is InChI=1S/C20H23N3O5/c1-23(2)18(24)13-27-19(25)12-17(22-20(21)26)14-7-6-10-16(11-14)28-15-8-4-3-5-9-15/h3-11,17H,12-13H2,1-2H3,(H3,21,22,26)/t17-/m0/s1. The molecule has 1 atom stereocenters. The average molecular weight is 385 g/mol. The summed E-state index contributed by atoms with van der Waals surface area (Å²) < 4.78 is 10.7. The van der Waals surface area contributed by atoms with Crippen LogP contribution in [-0.4, -0.2) is 43.5 Å². The minimum atomic E-state index is -0.781. The Bertz CT molecular complexity index is 824. The zero-order valence-electron chi connectivity index (χ0n) is 15.8. The van der Waals surface area contributed by atoms with Crippen molar-refractivity contribution in [3.63, 3.8) is 0 Å². The van der Waals surface area contributed by atoms with Crippen LogP contribution in [-0.2, 0) is 14.3 Å². The van der Waals surface area contributed by atoms with Crippen LogP contribution in [0, 0.1) is 0 Å². The fourth-order valence-electron chi connectivity index (χ4n) is 2.34. The number of nitrogens with two attached hydrogens (primary N) is 1. The number of amides is 3. The van der Waals surface area contributed by atoms with E-state index in [0.29, 0.717) is 17.1 Å². The van der Waals surface area contributed by atoms with E-state index >= 15 is 0 Å². The van der Waals surface area contributed by atoms with Gasteiger partial charge in [-0.2, -0.15) is 0 Å². The maximum Gasteiger partial charge on any atom is 0.312 e. The molecule has 0 aromatic heterocycles. The van der Waals surface area contributed by atoms with E-state index in [1.807, 2.05) is 30.3 Å². The second-order valence-electron chi connectivity index (χ2n) is 6.20. The van der Waals surface area contributed by atoms with Crippen LogP contribution in [0.2, 0.25) is 0 Å². The molecular weight excluding hydrogens is 362 g/mol. The number of primary amides is 1. The van der Waals surface area contributed by atoms with Crippen molar-refractivity contribution in [2.24, 2.45) is 5.73 Å². The van der Waals surface area contributed by atoms with Gasteiger partial charge in [0, 0.05) is 14.1 Å². The van der Waals surface area contributed by atoms with Crippen molar-refractivity contribution < 1.29 is 23.9 Å². The van der Waals surface area contributed by atoms with Gasteiger partial charge in [0.1, 0.15) is 11.5 Å². The molecule has 0 unspecified atom stereocenters. The number of hydrogen-bond donors (Lipinski definition) is 2. The summed E-state index contributed by atoms with van der Waals surface area (Å²) in [5.74, 6) is 0.214. The first-order valence-corrected chi connectivity index (χ1v) is 8.59. The lowest BCUT2D eigenvalue weighted by molar-refractivity contribution is -0.151. The zero-order chi connectivity index (χ0) is 20.5. The Labute approximate surface area is 163 Å². The molecule has 0 radical (unpaired) electrons. The fraction of sp³-hybridized carbons (Fsp3) is 0.250. The number of esters is 1. The molecule has 8 nitrogen and oxygen atoms in total. The summed E-state index contributed by atoms with van der Waals surface area (Å²) in [7, 11) is 3.12. The normalized spacial score (nSPS) is 11.2. The van der Waals surface area contributed by atoms with E-state index in [1.165, 1.54) is 4.90 Å². The Hall–Kier alpha value is -3.55. The zero-order valence-corrected chi connectivity index (χ0v) is 15.8. The molecule has 0 aliphatic rings. The number of benzene rings is 2. The van der Waals surface area contributed by atoms with E-state index in [0.717, 1.165) is 0 Å². The highest BCUT2D eigenvalue weighted by molar-refractivity contribution is 5.81. The van der Waals surface area contributed by atoms with Crippen LogP contribution < -0.4 is 15.8 Å². The topological polar surface area (TPSA) is 111 Å². The van der Waals surface area contributed by atoms with Gasteiger partial charge in [0.15, 0.2) is 6.61 Å². The predicted molar refractivity (Wildman–Crippen MR) is 103 cm³/mol. The third kappa shape index (κ3) is 6.64. The van der Waals surface area contributed by atoms with E-state index in [1.54, 1.807) is 38.4 Å². The van der Waals surface area contributed by atoms with Crippen molar-refractivity contribution in [2.75, 3.05) is 20.7 Å². The predicted octanol–water partition coefficient (Wildman–Crippen LogP) is 2.21. The second-order valence-corrected chi connectivity index (χ2v) is 6.20. The summed E-state index contributed by atoms with van der Waals surface area (Å²) in [6.07, 6.45) is -0.182. The maximum absolute atomic E-state index is 12.1.